The molecule has 1 aromatic carbocycles. The summed E-state index contributed by atoms with van der Waals surface area (Å²) in [5.41, 5.74) is 3.36. The van der Waals surface area contributed by atoms with Crippen LogP contribution >= 0.6 is 24.8 Å². The lowest BCUT2D eigenvalue weighted by Gasteiger charge is -2.30. The molecule has 2 heterocycles. The predicted octanol–water partition coefficient (Wildman–Crippen LogP) is 3.07. The molecule has 162 valence electrons. The molecule has 0 aliphatic carbocycles. The number of aromatic nitrogens is 2. The van der Waals surface area contributed by atoms with Gasteiger partial charge in [0.15, 0.2) is 0 Å². The van der Waals surface area contributed by atoms with E-state index in [9.17, 15) is 4.79 Å². The molecule has 1 aliphatic rings. The summed E-state index contributed by atoms with van der Waals surface area (Å²) in [6.45, 7) is 6.14. The highest BCUT2D eigenvalue weighted by molar-refractivity contribution is 5.85. The van der Waals surface area contributed by atoms with E-state index in [1.54, 1.807) is 17.9 Å². The summed E-state index contributed by atoms with van der Waals surface area (Å²) in [5, 5.41) is 10.3. The van der Waals surface area contributed by atoms with Crippen LogP contribution in [0.3, 0.4) is 0 Å². The molecular formula is C21H33Cl2N5O. The maximum atomic E-state index is 12.7. The van der Waals surface area contributed by atoms with Crippen LogP contribution in [0.1, 0.15) is 42.5 Å². The number of likely N-dealkylation sites (tertiary alicyclic amines) is 1. The Hall–Kier alpha value is -1.60. The lowest BCUT2D eigenvalue weighted by molar-refractivity contribution is -0.123. The van der Waals surface area contributed by atoms with Gasteiger partial charge in [0.2, 0.25) is 5.91 Å². The van der Waals surface area contributed by atoms with E-state index >= 15 is 0 Å². The van der Waals surface area contributed by atoms with Crippen molar-refractivity contribution in [1.29, 1.82) is 0 Å². The molecule has 1 unspecified atom stereocenters. The Labute approximate surface area is 186 Å². The molecule has 2 aromatic rings. The van der Waals surface area contributed by atoms with Gasteiger partial charge < -0.3 is 10.6 Å². The third-order valence-corrected chi connectivity index (χ3v) is 5.45. The second-order valence-electron chi connectivity index (χ2n) is 7.61. The predicted molar refractivity (Wildman–Crippen MR) is 121 cm³/mol. The van der Waals surface area contributed by atoms with E-state index in [0.717, 1.165) is 31.1 Å². The molecule has 1 aliphatic heterocycles. The second-order valence-corrected chi connectivity index (χ2v) is 7.61. The zero-order valence-corrected chi connectivity index (χ0v) is 19.1. The standard InChI is InChI=1S/C21H31N5O.2ClH/c1-16-8-10-26(11-9-16)15-18-7-5-4-6-17(18)12-23-21(27)20(22-2)19-13-24-25(3)14-19;;/h4-7,13-14,16,20,22H,8-12,15H2,1-3H3,(H,23,27);2*1H. The molecule has 29 heavy (non-hydrogen) atoms. The lowest BCUT2D eigenvalue weighted by atomic mass is 9.98. The van der Waals surface area contributed by atoms with E-state index in [1.807, 2.05) is 19.3 Å². The van der Waals surface area contributed by atoms with Gasteiger partial charge in [-0.1, -0.05) is 31.2 Å². The van der Waals surface area contributed by atoms with Crippen LogP contribution in [-0.4, -0.2) is 40.7 Å². The highest BCUT2D eigenvalue weighted by Gasteiger charge is 2.21. The Morgan fingerprint density at radius 1 is 1.21 bits per heavy atom. The van der Waals surface area contributed by atoms with Crippen molar-refractivity contribution in [1.82, 2.24) is 25.3 Å². The Bertz CT molecular complexity index is 759. The number of amides is 1. The molecule has 0 bridgehead atoms. The maximum Gasteiger partial charge on any atom is 0.242 e. The van der Waals surface area contributed by atoms with Crippen molar-refractivity contribution in [2.75, 3.05) is 20.1 Å². The third-order valence-electron chi connectivity index (χ3n) is 5.45. The first-order valence-electron chi connectivity index (χ1n) is 9.79. The lowest BCUT2D eigenvalue weighted by Crippen LogP contribution is -2.36. The Balaban J connectivity index is 0.00000210. The molecule has 0 spiro atoms. The minimum atomic E-state index is -0.394. The number of piperidine rings is 1. The van der Waals surface area contributed by atoms with E-state index in [0.29, 0.717) is 6.54 Å². The topological polar surface area (TPSA) is 62.2 Å². The number of hydrogen-bond acceptors (Lipinski definition) is 4. The molecule has 1 saturated heterocycles. The fourth-order valence-corrected chi connectivity index (χ4v) is 3.67. The minimum absolute atomic E-state index is 0. The molecule has 3 rings (SSSR count). The number of aryl methyl sites for hydroxylation is 1. The van der Waals surface area contributed by atoms with Crippen molar-refractivity contribution < 1.29 is 4.79 Å². The van der Waals surface area contributed by atoms with E-state index in [-0.39, 0.29) is 30.7 Å². The molecule has 1 atom stereocenters. The first kappa shape index (κ1) is 25.4. The van der Waals surface area contributed by atoms with Crippen LogP contribution in [0, 0.1) is 5.92 Å². The normalized spacial score (nSPS) is 15.8. The van der Waals surface area contributed by atoms with E-state index in [2.05, 4.69) is 45.8 Å². The SMILES string of the molecule is CNC(C(=O)NCc1ccccc1CN1CCC(C)CC1)c1cnn(C)c1.Cl.Cl. The highest BCUT2D eigenvalue weighted by Crippen LogP contribution is 2.20. The summed E-state index contributed by atoms with van der Waals surface area (Å²) in [5.74, 6) is 0.800. The molecule has 8 heteroatoms. The zero-order chi connectivity index (χ0) is 19.2. The number of hydrogen-bond donors (Lipinski definition) is 2. The number of carbonyl (C=O) groups is 1. The monoisotopic (exact) mass is 441 g/mol. The molecule has 6 nitrogen and oxygen atoms in total. The average molecular weight is 442 g/mol. The third kappa shape index (κ3) is 7.00. The zero-order valence-electron chi connectivity index (χ0n) is 17.4. The van der Waals surface area contributed by atoms with Gasteiger partial charge in [0.1, 0.15) is 6.04 Å². The van der Waals surface area contributed by atoms with Gasteiger partial charge >= 0.3 is 0 Å². The van der Waals surface area contributed by atoms with Crippen molar-refractivity contribution in [3.8, 4) is 0 Å². The van der Waals surface area contributed by atoms with Gasteiger partial charge in [-0.2, -0.15) is 5.10 Å². The van der Waals surface area contributed by atoms with Gasteiger partial charge in [0.25, 0.3) is 0 Å². The largest absolute Gasteiger partial charge is 0.350 e. The molecule has 1 aromatic heterocycles. The van der Waals surface area contributed by atoms with Gasteiger partial charge in [-0.3, -0.25) is 14.4 Å². The molecule has 0 radical (unpaired) electrons. The molecule has 0 saturated carbocycles. The first-order chi connectivity index (χ1) is 13.1. The van der Waals surface area contributed by atoms with Gasteiger partial charge in [0, 0.05) is 31.9 Å². The number of likely N-dealkylation sites (N-methyl/N-ethyl adjacent to an activating group) is 1. The van der Waals surface area contributed by atoms with Crippen LogP contribution < -0.4 is 10.6 Å². The van der Waals surface area contributed by atoms with Crippen LogP contribution in [-0.2, 0) is 24.9 Å². The number of benzene rings is 1. The number of halogens is 2. The molecule has 1 fully saturated rings. The summed E-state index contributed by atoms with van der Waals surface area (Å²) < 4.78 is 1.71. The van der Waals surface area contributed by atoms with Crippen LogP contribution in [0.2, 0.25) is 0 Å². The fourth-order valence-electron chi connectivity index (χ4n) is 3.67. The van der Waals surface area contributed by atoms with Crippen molar-refractivity contribution in [2.45, 2.75) is 38.9 Å². The Morgan fingerprint density at radius 3 is 2.45 bits per heavy atom. The van der Waals surface area contributed by atoms with Crippen LogP contribution in [0.15, 0.2) is 36.7 Å². The fraction of sp³-hybridized carbons (Fsp3) is 0.524. The summed E-state index contributed by atoms with van der Waals surface area (Å²) in [4.78, 5) is 15.2. The number of nitrogens with one attached hydrogen (secondary N) is 2. The minimum Gasteiger partial charge on any atom is -0.350 e. The van der Waals surface area contributed by atoms with Crippen molar-refractivity contribution in [2.24, 2.45) is 13.0 Å². The summed E-state index contributed by atoms with van der Waals surface area (Å²) >= 11 is 0. The second kappa shape index (κ2) is 12.2. The van der Waals surface area contributed by atoms with Gasteiger partial charge in [-0.05, 0) is 50.0 Å². The molecule has 2 N–H and O–H groups in total. The number of rotatable bonds is 7. The van der Waals surface area contributed by atoms with Crippen LogP contribution in [0.25, 0.3) is 0 Å². The molecule has 1 amide bonds. The smallest absolute Gasteiger partial charge is 0.242 e. The molecular weight excluding hydrogens is 409 g/mol. The maximum absolute atomic E-state index is 12.7. The highest BCUT2D eigenvalue weighted by atomic mass is 35.5. The van der Waals surface area contributed by atoms with E-state index < -0.39 is 6.04 Å². The number of carbonyl (C=O) groups excluding carboxylic acids is 1. The summed E-state index contributed by atoms with van der Waals surface area (Å²) in [6, 6.07) is 8.02. The number of nitrogens with zero attached hydrogens (tertiary/aromatic N) is 3. The van der Waals surface area contributed by atoms with E-state index in [1.165, 1.54) is 24.0 Å². The van der Waals surface area contributed by atoms with Gasteiger partial charge in [-0.15, -0.1) is 24.8 Å². The van der Waals surface area contributed by atoms with Crippen LogP contribution in [0.5, 0.6) is 0 Å². The average Bonchev–Trinajstić information content (AvgIpc) is 3.09. The van der Waals surface area contributed by atoms with Crippen molar-refractivity contribution >= 4 is 30.7 Å². The Morgan fingerprint density at radius 2 is 1.86 bits per heavy atom. The van der Waals surface area contributed by atoms with Crippen molar-refractivity contribution in [3.63, 3.8) is 0 Å². The quantitative estimate of drug-likeness (QED) is 0.692. The van der Waals surface area contributed by atoms with Gasteiger partial charge in [0.05, 0.1) is 6.20 Å². The van der Waals surface area contributed by atoms with Crippen molar-refractivity contribution in [3.05, 3.63) is 53.3 Å². The van der Waals surface area contributed by atoms with Crippen LogP contribution in [0.4, 0.5) is 0 Å². The summed E-state index contributed by atoms with van der Waals surface area (Å²) in [7, 11) is 3.65. The summed E-state index contributed by atoms with van der Waals surface area (Å²) in [6.07, 6.45) is 6.14. The van der Waals surface area contributed by atoms with Gasteiger partial charge in [-0.25, -0.2) is 0 Å². The van der Waals surface area contributed by atoms with E-state index in [4.69, 9.17) is 0 Å². The first-order valence-corrected chi connectivity index (χ1v) is 9.79. The Kier molecular flexibility index (Phi) is 10.7.